The molecule has 1 N–H and O–H groups in total. The van der Waals surface area contributed by atoms with Gasteiger partial charge in [-0.1, -0.05) is 13.0 Å². The highest BCUT2D eigenvalue weighted by Crippen LogP contribution is 2.23. The van der Waals surface area contributed by atoms with E-state index in [0.717, 1.165) is 12.1 Å². The number of aromatic nitrogens is 4. The minimum absolute atomic E-state index is 0.228. The van der Waals surface area contributed by atoms with Gasteiger partial charge in [0, 0.05) is 30.3 Å². The molecule has 0 radical (unpaired) electrons. The Morgan fingerprint density at radius 2 is 2.23 bits per heavy atom. The molecule has 2 aromatic heterocycles. The maximum atomic E-state index is 12.6. The van der Waals surface area contributed by atoms with Gasteiger partial charge in [-0.2, -0.15) is 4.98 Å². The van der Waals surface area contributed by atoms with Gasteiger partial charge in [0.1, 0.15) is 17.6 Å². The van der Waals surface area contributed by atoms with E-state index in [1.807, 2.05) is 31.2 Å². The molecule has 26 heavy (non-hydrogen) atoms. The van der Waals surface area contributed by atoms with E-state index in [2.05, 4.69) is 20.3 Å². The van der Waals surface area contributed by atoms with Crippen LogP contribution < -0.4 is 14.8 Å². The van der Waals surface area contributed by atoms with Gasteiger partial charge < -0.3 is 14.8 Å². The molecule has 134 valence electrons. The fourth-order valence-electron chi connectivity index (χ4n) is 2.23. The highest BCUT2D eigenvalue weighted by atomic mass is 16.5. The summed E-state index contributed by atoms with van der Waals surface area (Å²) in [6.45, 7) is 2.42. The number of nitrogens with zero attached hydrogens (tertiary/aromatic N) is 4. The van der Waals surface area contributed by atoms with Crippen molar-refractivity contribution in [1.29, 1.82) is 0 Å². The summed E-state index contributed by atoms with van der Waals surface area (Å²) in [4.78, 5) is 25.0. The lowest BCUT2D eigenvalue weighted by atomic mass is 10.3. The highest BCUT2D eigenvalue weighted by molar-refractivity contribution is 5.97. The third kappa shape index (κ3) is 3.97. The lowest BCUT2D eigenvalue weighted by Gasteiger charge is -2.12. The molecule has 3 rings (SSSR count). The van der Waals surface area contributed by atoms with Crippen LogP contribution in [-0.4, -0.2) is 39.1 Å². The average Bonchev–Trinajstić information content (AvgIpc) is 3.21. The van der Waals surface area contributed by atoms with Gasteiger partial charge in [-0.3, -0.25) is 9.36 Å². The van der Waals surface area contributed by atoms with Crippen molar-refractivity contribution in [1.82, 2.24) is 19.5 Å². The van der Waals surface area contributed by atoms with Gasteiger partial charge in [-0.05, 0) is 18.6 Å². The molecule has 0 aliphatic heterocycles. The number of imidazole rings is 1. The summed E-state index contributed by atoms with van der Waals surface area (Å²) < 4.78 is 12.2. The molecule has 0 saturated carbocycles. The number of methoxy groups -OCH3 is 1. The molecule has 0 unspecified atom stereocenters. The van der Waals surface area contributed by atoms with E-state index >= 15 is 0 Å². The van der Waals surface area contributed by atoms with Gasteiger partial charge in [-0.15, -0.1) is 0 Å². The van der Waals surface area contributed by atoms with Crippen molar-refractivity contribution < 1.29 is 14.3 Å². The Morgan fingerprint density at radius 3 is 2.96 bits per heavy atom. The molecule has 3 aromatic rings. The van der Waals surface area contributed by atoms with Crippen LogP contribution in [0.15, 0.2) is 49.2 Å². The maximum Gasteiger partial charge on any atom is 0.270 e. The Labute approximate surface area is 150 Å². The van der Waals surface area contributed by atoms with Crippen LogP contribution >= 0.6 is 0 Å². The molecule has 8 heteroatoms. The first-order chi connectivity index (χ1) is 12.7. The van der Waals surface area contributed by atoms with Crippen molar-refractivity contribution in [2.75, 3.05) is 19.0 Å². The number of benzene rings is 1. The molecular weight excluding hydrogens is 334 g/mol. The lowest BCUT2D eigenvalue weighted by Crippen LogP contribution is -2.14. The quantitative estimate of drug-likeness (QED) is 0.698. The number of rotatable bonds is 7. The summed E-state index contributed by atoms with van der Waals surface area (Å²) >= 11 is 0. The van der Waals surface area contributed by atoms with Crippen molar-refractivity contribution in [3.05, 3.63) is 54.7 Å². The molecule has 0 fully saturated rings. The Hall–Kier alpha value is -3.42. The second-order valence-corrected chi connectivity index (χ2v) is 5.39. The monoisotopic (exact) mass is 353 g/mol. The van der Waals surface area contributed by atoms with Crippen LogP contribution in [0.2, 0.25) is 0 Å². The Kier molecular flexibility index (Phi) is 5.43. The van der Waals surface area contributed by atoms with E-state index in [4.69, 9.17) is 9.47 Å². The van der Waals surface area contributed by atoms with E-state index in [0.29, 0.717) is 18.3 Å². The van der Waals surface area contributed by atoms with Crippen molar-refractivity contribution in [2.45, 2.75) is 13.3 Å². The van der Waals surface area contributed by atoms with Crippen LogP contribution in [-0.2, 0) is 0 Å². The summed E-state index contributed by atoms with van der Waals surface area (Å²) in [6.07, 6.45) is 6.76. The lowest BCUT2D eigenvalue weighted by molar-refractivity contribution is 0.0954. The molecule has 0 spiro atoms. The molecular formula is C18H19N5O3. The molecule has 2 heterocycles. The fourth-order valence-corrected chi connectivity index (χ4v) is 2.23. The van der Waals surface area contributed by atoms with Crippen molar-refractivity contribution in [2.24, 2.45) is 0 Å². The third-order valence-corrected chi connectivity index (χ3v) is 3.49. The summed E-state index contributed by atoms with van der Waals surface area (Å²) in [5, 5.41) is 3.08. The smallest absolute Gasteiger partial charge is 0.270 e. The zero-order valence-corrected chi connectivity index (χ0v) is 14.5. The topological polar surface area (TPSA) is 91.2 Å². The van der Waals surface area contributed by atoms with Crippen molar-refractivity contribution in [3.8, 4) is 11.6 Å². The minimum atomic E-state index is -0.304. The first-order valence-electron chi connectivity index (χ1n) is 8.15. The van der Waals surface area contributed by atoms with Crippen molar-refractivity contribution >= 4 is 17.5 Å². The first-order valence-corrected chi connectivity index (χ1v) is 8.15. The number of carbonyl (C=O) groups is 1. The average molecular weight is 353 g/mol. The largest absolute Gasteiger partial charge is 0.497 e. The number of ether oxygens (including phenoxy) is 2. The number of hydrogen-bond donors (Lipinski definition) is 1. The normalized spacial score (nSPS) is 10.4. The zero-order chi connectivity index (χ0) is 18.4. The Bertz CT molecular complexity index is 880. The number of nitrogens with one attached hydrogen (secondary N) is 1. The van der Waals surface area contributed by atoms with E-state index in [9.17, 15) is 4.79 Å². The summed E-state index contributed by atoms with van der Waals surface area (Å²) in [7, 11) is 1.60. The second kappa shape index (κ2) is 8.11. The van der Waals surface area contributed by atoms with E-state index in [1.54, 1.807) is 13.3 Å². The van der Waals surface area contributed by atoms with Crippen LogP contribution in [0.5, 0.6) is 11.6 Å². The summed E-state index contributed by atoms with van der Waals surface area (Å²) in [6, 6.07) is 7.38. The highest BCUT2D eigenvalue weighted by Gasteiger charge is 2.18. The standard InChI is InChI=1S/C18H19N5O3/c1-3-9-26-16-15(17(24)23-8-7-19-12-23)11-20-18(22-16)21-13-5-4-6-14(10-13)25-2/h4-8,10-12H,3,9H2,1-2H3,(H,20,21,22). The van der Waals surface area contributed by atoms with Crippen LogP contribution in [0.25, 0.3) is 0 Å². The molecule has 0 aliphatic carbocycles. The number of hydrogen-bond acceptors (Lipinski definition) is 7. The molecule has 0 bridgehead atoms. The molecule has 8 nitrogen and oxygen atoms in total. The number of carbonyl (C=O) groups excluding carboxylic acids is 1. The fraction of sp³-hybridized carbons (Fsp3) is 0.222. The molecule has 0 amide bonds. The first kappa shape index (κ1) is 17.4. The molecule has 0 atom stereocenters. The molecule has 1 aromatic carbocycles. The predicted octanol–water partition coefficient (Wildman–Crippen LogP) is 2.90. The van der Waals surface area contributed by atoms with Gasteiger partial charge in [0.05, 0.1) is 13.7 Å². The predicted molar refractivity (Wildman–Crippen MR) is 96.1 cm³/mol. The minimum Gasteiger partial charge on any atom is -0.497 e. The zero-order valence-electron chi connectivity index (χ0n) is 14.5. The van der Waals surface area contributed by atoms with E-state index < -0.39 is 0 Å². The Morgan fingerprint density at radius 1 is 1.35 bits per heavy atom. The van der Waals surface area contributed by atoms with Crippen LogP contribution in [0.3, 0.4) is 0 Å². The molecule has 0 saturated heterocycles. The maximum absolute atomic E-state index is 12.6. The number of anilines is 2. The van der Waals surface area contributed by atoms with Gasteiger partial charge in [-0.25, -0.2) is 9.97 Å². The third-order valence-electron chi connectivity index (χ3n) is 3.49. The van der Waals surface area contributed by atoms with Gasteiger partial charge in [0.25, 0.3) is 5.91 Å². The Balaban J connectivity index is 1.89. The summed E-state index contributed by atoms with van der Waals surface area (Å²) in [5.74, 6) is 0.961. The van der Waals surface area contributed by atoms with Crippen LogP contribution in [0, 0.1) is 0 Å². The summed E-state index contributed by atoms with van der Waals surface area (Å²) in [5.41, 5.74) is 1.03. The van der Waals surface area contributed by atoms with E-state index in [1.165, 1.54) is 23.3 Å². The molecule has 0 aliphatic rings. The van der Waals surface area contributed by atoms with Crippen LogP contribution in [0.4, 0.5) is 11.6 Å². The van der Waals surface area contributed by atoms with Crippen LogP contribution in [0.1, 0.15) is 23.7 Å². The SMILES string of the molecule is CCCOc1nc(Nc2cccc(OC)c2)ncc1C(=O)n1ccnc1. The van der Waals surface area contributed by atoms with Crippen molar-refractivity contribution in [3.63, 3.8) is 0 Å². The van der Waals surface area contributed by atoms with Gasteiger partial charge in [0.2, 0.25) is 11.8 Å². The van der Waals surface area contributed by atoms with E-state index in [-0.39, 0.29) is 17.4 Å². The van der Waals surface area contributed by atoms with Gasteiger partial charge in [0.15, 0.2) is 0 Å². The second-order valence-electron chi connectivity index (χ2n) is 5.39. The van der Waals surface area contributed by atoms with Gasteiger partial charge >= 0.3 is 0 Å².